The zero-order chi connectivity index (χ0) is 16.2. The Kier molecular flexibility index (Phi) is 5.47. The Morgan fingerprint density at radius 2 is 1.83 bits per heavy atom. The summed E-state index contributed by atoms with van der Waals surface area (Å²) in [4.78, 5) is 15.0. The number of nitrogens with zero attached hydrogens (tertiary/aromatic N) is 1. The van der Waals surface area contributed by atoms with Gasteiger partial charge in [-0.1, -0.05) is 19.8 Å². The number of rotatable bonds is 5. The molecule has 126 valence electrons. The highest BCUT2D eigenvalue weighted by Gasteiger charge is 2.27. The number of Topliss-reactive ketones (excluding diaryl/α,β-unsaturated/α-hetero) is 1. The lowest BCUT2D eigenvalue weighted by atomic mass is 9.88. The number of piperidine rings is 1. The van der Waals surface area contributed by atoms with Gasteiger partial charge in [-0.15, -0.1) is 0 Å². The van der Waals surface area contributed by atoms with Gasteiger partial charge in [-0.05, 0) is 81.4 Å². The lowest BCUT2D eigenvalue weighted by molar-refractivity contribution is 0.0835. The molecule has 1 saturated carbocycles. The van der Waals surface area contributed by atoms with Crippen molar-refractivity contribution >= 4 is 5.78 Å². The van der Waals surface area contributed by atoms with Gasteiger partial charge in [0.25, 0.3) is 0 Å². The zero-order valence-electron chi connectivity index (χ0n) is 14.1. The fourth-order valence-corrected chi connectivity index (χ4v) is 4.22. The molecule has 1 aromatic carbocycles. The molecule has 3 heteroatoms. The average molecular weight is 317 g/mol. The van der Waals surface area contributed by atoms with E-state index >= 15 is 0 Å². The van der Waals surface area contributed by atoms with Gasteiger partial charge < -0.3 is 4.90 Å². The topological polar surface area (TPSA) is 20.3 Å². The maximum Gasteiger partial charge on any atom is 0.166 e. The third-order valence-electron chi connectivity index (χ3n) is 5.74. The molecule has 0 amide bonds. The summed E-state index contributed by atoms with van der Waals surface area (Å²) in [5.74, 6) is 1.86. The molecule has 0 N–H and O–H groups in total. The van der Waals surface area contributed by atoms with Gasteiger partial charge in [0.15, 0.2) is 5.78 Å². The van der Waals surface area contributed by atoms with E-state index in [1.807, 2.05) is 0 Å². The lowest BCUT2D eigenvalue weighted by Gasteiger charge is -2.32. The third-order valence-corrected chi connectivity index (χ3v) is 5.74. The molecule has 1 aliphatic heterocycles. The van der Waals surface area contributed by atoms with E-state index in [1.165, 1.54) is 44.4 Å². The van der Waals surface area contributed by atoms with E-state index in [1.54, 1.807) is 12.1 Å². The summed E-state index contributed by atoms with van der Waals surface area (Å²) in [5, 5.41) is 0. The Bertz CT molecular complexity index is 519. The van der Waals surface area contributed by atoms with E-state index < -0.39 is 0 Å². The molecule has 3 rings (SSSR count). The number of carbonyl (C=O) groups excluding carboxylic acids is 1. The van der Waals surface area contributed by atoms with Crippen molar-refractivity contribution in [1.29, 1.82) is 0 Å². The summed E-state index contributed by atoms with van der Waals surface area (Å²) in [7, 11) is 0. The van der Waals surface area contributed by atoms with E-state index in [9.17, 15) is 9.18 Å². The van der Waals surface area contributed by atoms with Gasteiger partial charge >= 0.3 is 0 Å². The molecule has 1 heterocycles. The first kappa shape index (κ1) is 16.6. The summed E-state index contributed by atoms with van der Waals surface area (Å²) in [6, 6.07) is 5.99. The fraction of sp³-hybridized carbons (Fsp3) is 0.650. The van der Waals surface area contributed by atoms with Gasteiger partial charge in [0, 0.05) is 11.5 Å². The van der Waals surface area contributed by atoms with Crippen molar-refractivity contribution in [3.63, 3.8) is 0 Å². The van der Waals surface area contributed by atoms with Gasteiger partial charge in [0.1, 0.15) is 5.82 Å². The Balaban J connectivity index is 1.43. The first-order chi connectivity index (χ1) is 11.1. The van der Waals surface area contributed by atoms with Gasteiger partial charge in [0.2, 0.25) is 0 Å². The van der Waals surface area contributed by atoms with Crippen molar-refractivity contribution in [2.45, 2.75) is 45.4 Å². The molecular weight excluding hydrogens is 289 g/mol. The van der Waals surface area contributed by atoms with Crippen molar-refractivity contribution in [1.82, 2.24) is 4.90 Å². The molecule has 1 aromatic rings. The van der Waals surface area contributed by atoms with Gasteiger partial charge in [-0.2, -0.15) is 0 Å². The Morgan fingerprint density at radius 1 is 1.13 bits per heavy atom. The predicted octanol–water partition coefficient (Wildman–Crippen LogP) is 4.55. The molecular formula is C20H28FNO. The minimum Gasteiger partial charge on any atom is -0.303 e. The van der Waals surface area contributed by atoms with Crippen LogP contribution < -0.4 is 0 Å². The minimum atomic E-state index is -0.280. The number of hydrogen-bond acceptors (Lipinski definition) is 2. The van der Waals surface area contributed by atoms with Crippen LogP contribution in [0.4, 0.5) is 4.39 Å². The summed E-state index contributed by atoms with van der Waals surface area (Å²) >= 11 is 0. The molecule has 23 heavy (non-hydrogen) atoms. The molecule has 2 nitrogen and oxygen atoms in total. The first-order valence-electron chi connectivity index (χ1n) is 9.14. The number of halogens is 1. The monoisotopic (exact) mass is 317 g/mol. The fourth-order valence-electron chi connectivity index (χ4n) is 4.22. The standard InChI is InChI=1S/C20H28FNO/c1-15-2-3-16(14-15)8-11-22-12-9-18(10-13-22)20(23)17-4-6-19(21)7-5-17/h4-7,15-16,18H,2-3,8-14H2,1H3/t15-,16-/m0/s1. The van der Waals surface area contributed by atoms with Crippen LogP contribution in [0, 0.1) is 23.6 Å². The second-order valence-electron chi connectivity index (χ2n) is 7.56. The van der Waals surface area contributed by atoms with Gasteiger partial charge in [-0.3, -0.25) is 4.79 Å². The van der Waals surface area contributed by atoms with Crippen LogP contribution in [0.1, 0.15) is 55.8 Å². The van der Waals surface area contributed by atoms with E-state index in [0.717, 1.165) is 37.8 Å². The maximum absolute atomic E-state index is 13.0. The molecule has 1 aliphatic carbocycles. The predicted molar refractivity (Wildman–Crippen MR) is 91.0 cm³/mol. The Labute approximate surface area is 139 Å². The smallest absolute Gasteiger partial charge is 0.166 e. The van der Waals surface area contributed by atoms with E-state index in [0.29, 0.717) is 5.56 Å². The molecule has 0 unspecified atom stereocenters. The van der Waals surface area contributed by atoms with Crippen LogP contribution in [0.3, 0.4) is 0 Å². The van der Waals surface area contributed by atoms with E-state index in [4.69, 9.17) is 0 Å². The number of benzene rings is 1. The second-order valence-corrected chi connectivity index (χ2v) is 7.56. The van der Waals surface area contributed by atoms with Crippen molar-refractivity contribution in [2.24, 2.45) is 17.8 Å². The normalized spacial score (nSPS) is 26.5. The molecule has 2 atom stereocenters. The number of hydrogen-bond donors (Lipinski definition) is 0. The highest BCUT2D eigenvalue weighted by atomic mass is 19.1. The van der Waals surface area contributed by atoms with Crippen LogP contribution in [0.25, 0.3) is 0 Å². The summed E-state index contributed by atoms with van der Waals surface area (Å²) < 4.78 is 13.0. The SMILES string of the molecule is C[C@H]1CC[C@@H](CCN2CCC(C(=O)c3ccc(F)cc3)CC2)C1. The van der Waals surface area contributed by atoms with E-state index in [2.05, 4.69) is 11.8 Å². The summed E-state index contributed by atoms with van der Waals surface area (Å²) in [6.45, 7) is 5.61. The number of likely N-dealkylation sites (tertiary alicyclic amines) is 1. The number of carbonyl (C=O) groups is 1. The molecule has 0 spiro atoms. The molecule has 0 bridgehead atoms. The van der Waals surface area contributed by atoms with Crippen LogP contribution in [0.5, 0.6) is 0 Å². The first-order valence-corrected chi connectivity index (χ1v) is 9.14. The Morgan fingerprint density at radius 3 is 2.43 bits per heavy atom. The van der Waals surface area contributed by atoms with Crippen LogP contribution >= 0.6 is 0 Å². The zero-order valence-corrected chi connectivity index (χ0v) is 14.1. The minimum absolute atomic E-state index is 0.114. The summed E-state index contributed by atoms with van der Waals surface area (Å²) in [6.07, 6.45) is 7.41. The van der Waals surface area contributed by atoms with Crippen molar-refractivity contribution in [3.8, 4) is 0 Å². The third kappa shape index (κ3) is 4.41. The molecule has 0 aromatic heterocycles. The molecule has 2 aliphatic rings. The Hall–Kier alpha value is -1.22. The van der Waals surface area contributed by atoms with Crippen molar-refractivity contribution in [3.05, 3.63) is 35.6 Å². The van der Waals surface area contributed by atoms with Crippen molar-refractivity contribution < 1.29 is 9.18 Å². The lowest BCUT2D eigenvalue weighted by Crippen LogP contribution is -2.37. The quantitative estimate of drug-likeness (QED) is 0.743. The largest absolute Gasteiger partial charge is 0.303 e. The van der Waals surface area contributed by atoms with Crippen LogP contribution in [0.15, 0.2) is 24.3 Å². The highest BCUT2D eigenvalue weighted by Crippen LogP contribution is 2.33. The molecule has 0 radical (unpaired) electrons. The second kappa shape index (κ2) is 7.57. The molecule has 1 saturated heterocycles. The number of ketones is 1. The highest BCUT2D eigenvalue weighted by molar-refractivity contribution is 5.97. The van der Waals surface area contributed by atoms with Crippen molar-refractivity contribution in [2.75, 3.05) is 19.6 Å². The van der Waals surface area contributed by atoms with Crippen LogP contribution in [-0.4, -0.2) is 30.3 Å². The van der Waals surface area contributed by atoms with Crippen LogP contribution in [0.2, 0.25) is 0 Å². The average Bonchev–Trinajstić information content (AvgIpc) is 2.99. The van der Waals surface area contributed by atoms with E-state index in [-0.39, 0.29) is 17.5 Å². The van der Waals surface area contributed by atoms with Gasteiger partial charge in [0.05, 0.1) is 0 Å². The van der Waals surface area contributed by atoms with Crippen LogP contribution in [-0.2, 0) is 0 Å². The molecule has 2 fully saturated rings. The summed E-state index contributed by atoms with van der Waals surface area (Å²) in [5.41, 5.74) is 0.657. The van der Waals surface area contributed by atoms with Gasteiger partial charge in [-0.25, -0.2) is 4.39 Å². The maximum atomic E-state index is 13.0.